The molecule has 0 spiro atoms. The first-order chi connectivity index (χ1) is 12.4. The smallest absolute Gasteiger partial charge is 0.191 e. The van der Waals surface area contributed by atoms with Gasteiger partial charge >= 0.3 is 0 Å². The molecule has 0 radical (unpaired) electrons. The van der Waals surface area contributed by atoms with Crippen LogP contribution >= 0.6 is 11.3 Å². The number of benzene rings is 1. The highest BCUT2D eigenvalue weighted by Crippen LogP contribution is 2.14. The largest absolute Gasteiger partial charge is 0.357 e. The van der Waals surface area contributed by atoms with Crippen molar-refractivity contribution in [3.8, 4) is 0 Å². The summed E-state index contributed by atoms with van der Waals surface area (Å²) in [4.78, 5) is 6.32. The minimum absolute atomic E-state index is 0.331. The predicted molar refractivity (Wildman–Crippen MR) is 110 cm³/mol. The SMILES string of the molecule is CCNC(=NCc1ccc(S(C)(=O)=O)cc1)NCC(C)Cc1cccs1. The van der Waals surface area contributed by atoms with Gasteiger partial charge in [0, 0.05) is 24.2 Å². The van der Waals surface area contributed by atoms with Gasteiger partial charge in [-0.05, 0) is 48.4 Å². The fraction of sp³-hybridized carbons (Fsp3) is 0.421. The van der Waals surface area contributed by atoms with Gasteiger partial charge in [-0.3, -0.25) is 0 Å². The van der Waals surface area contributed by atoms with E-state index < -0.39 is 9.84 Å². The van der Waals surface area contributed by atoms with E-state index in [0.29, 0.717) is 17.4 Å². The average molecular weight is 394 g/mol. The summed E-state index contributed by atoms with van der Waals surface area (Å²) in [5.41, 5.74) is 0.973. The Kier molecular flexibility index (Phi) is 7.66. The molecule has 1 unspecified atom stereocenters. The summed E-state index contributed by atoms with van der Waals surface area (Å²) in [5.74, 6) is 1.28. The molecule has 0 aliphatic rings. The summed E-state index contributed by atoms with van der Waals surface area (Å²) < 4.78 is 23.0. The molecule has 0 bridgehead atoms. The fourth-order valence-electron chi connectivity index (χ4n) is 2.47. The van der Waals surface area contributed by atoms with Crippen molar-refractivity contribution in [2.24, 2.45) is 10.9 Å². The third-order valence-corrected chi connectivity index (χ3v) is 5.89. The standard InChI is InChI=1S/C19H27N3O2S2/c1-4-20-19(21-13-15(2)12-17-6-5-11-25-17)22-14-16-7-9-18(10-8-16)26(3,23)24/h5-11,15H,4,12-14H2,1-3H3,(H2,20,21,22). The van der Waals surface area contributed by atoms with Crippen molar-refractivity contribution in [2.45, 2.75) is 31.7 Å². The van der Waals surface area contributed by atoms with E-state index in [2.05, 4.69) is 40.1 Å². The lowest BCUT2D eigenvalue weighted by molar-refractivity contribution is 0.562. The van der Waals surface area contributed by atoms with E-state index in [4.69, 9.17) is 0 Å². The zero-order chi connectivity index (χ0) is 19.0. The first-order valence-electron chi connectivity index (χ1n) is 8.72. The van der Waals surface area contributed by atoms with Crippen molar-refractivity contribution >= 4 is 27.1 Å². The molecule has 2 N–H and O–H groups in total. The molecule has 1 aromatic heterocycles. The summed E-state index contributed by atoms with van der Waals surface area (Å²) >= 11 is 1.79. The van der Waals surface area contributed by atoms with Gasteiger partial charge in [0.2, 0.25) is 0 Å². The molecule has 2 rings (SSSR count). The molecule has 1 heterocycles. The van der Waals surface area contributed by atoms with Crippen molar-refractivity contribution in [1.29, 1.82) is 0 Å². The second-order valence-corrected chi connectivity index (χ2v) is 9.43. The van der Waals surface area contributed by atoms with Crippen LogP contribution in [0.1, 0.15) is 24.3 Å². The molecule has 0 saturated heterocycles. The van der Waals surface area contributed by atoms with Crippen molar-refractivity contribution in [1.82, 2.24) is 10.6 Å². The number of hydrogen-bond donors (Lipinski definition) is 2. The topological polar surface area (TPSA) is 70.6 Å². The van der Waals surface area contributed by atoms with Gasteiger partial charge in [-0.1, -0.05) is 25.1 Å². The monoisotopic (exact) mass is 393 g/mol. The van der Waals surface area contributed by atoms with Crippen LogP contribution in [-0.2, 0) is 22.8 Å². The number of nitrogens with one attached hydrogen (secondary N) is 2. The third kappa shape index (κ3) is 6.80. The number of hydrogen-bond acceptors (Lipinski definition) is 4. The first-order valence-corrected chi connectivity index (χ1v) is 11.5. The van der Waals surface area contributed by atoms with Crippen LogP contribution in [0, 0.1) is 5.92 Å². The number of guanidine groups is 1. The molecule has 0 aliphatic heterocycles. The van der Waals surface area contributed by atoms with Gasteiger partial charge in [0.15, 0.2) is 15.8 Å². The molecule has 1 atom stereocenters. The van der Waals surface area contributed by atoms with Crippen LogP contribution in [-0.4, -0.2) is 33.7 Å². The van der Waals surface area contributed by atoms with Crippen molar-refractivity contribution < 1.29 is 8.42 Å². The number of thiophene rings is 1. The number of sulfone groups is 1. The highest BCUT2D eigenvalue weighted by atomic mass is 32.2. The molecular formula is C19H27N3O2S2. The van der Waals surface area contributed by atoms with Crippen LogP contribution in [0.25, 0.3) is 0 Å². The van der Waals surface area contributed by atoms with E-state index in [9.17, 15) is 8.42 Å². The van der Waals surface area contributed by atoms with Gasteiger partial charge in [-0.25, -0.2) is 13.4 Å². The molecule has 0 aliphatic carbocycles. The Hall–Kier alpha value is -1.86. The zero-order valence-electron chi connectivity index (χ0n) is 15.5. The molecule has 1 aromatic carbocycles. The predicted octanol–water partition coefficient (Wildman–Crippen LogP) is 3.09. The van der Waals surface area contributed by atoms with Gasteiger partial charge in [-0.15, -0.1) is 11.3 Å². The third-order valence-electron chi connectivity index (χ3n) is 3.86. The Bertz CT molecular complexity index is 798. The van der Waals surface area contributed by atoms with Gasteiger partial charge in [0.05, 0.1) is 11.4 Å². The Balaban J connectivity index is 1.91. The molecule has 5 nitrogen and oxygen atoms in total. The first kappa shape index (κ1) is 20.5. The zero-order valence-corrected chi connectivity index (χ0v) is 17.2. The lowest BCUT2D eigenvalue weighted by Crippen LogP contribution is -2.39. The summed E-state index contributed by atoms with van der Waals surface area (Å²) in [6, 6.07) is 11.1. The molecule has 7 heteroatoms. The maximum Gasteiger partial charge on any atom is 0.191 e. The Morgan fingerprint density at radius 3 is 2.50 bits per heavy atom. The summed E-state index contributed by atoms with van der Waals surface area (Å²) in [7, 11) is -3.16. The molecule has 26 heavy (non-hydrogen) atoms. The van der Waals surface area contributed by atoms with E-state index in [1.165, 1.54) is 11.1 Å². The second-order valence-electron chi connectivity index (χ2n) is 6.38. The van der Waals surface area contributed by atoms with Crippen LogP contribution < -0.4 is 10.6 Å². The van der Waals surface area contributed by atoms with Crippen LogP contribution in [0.2, 0.25) is 0 Å². The second kappa shape index (κ2) is 9.73. The summed E-state index contributed by atoms with van der Waals surface area (Å²) in [5, 5.41) is 8.74. The number of aliphatic imine (C=N–C) groups is 1. The van der Waals surface area contributed by atoms with E-state index in [1.54, 1.807) is 23.5 Å². The maximum absolute atomic E-state index is 11.5. The molecule has 0 fully saturated rings. The van der Waals surface area contributed by atoms with Gasteiger partial charge in [0.25, 0.3) is 0 Å². The summed E-state index contributed by atoms with van der Waals surface area (Å²) in [6.45, 7) is 6.39. The van der Waals surface area contributed by atoms with Crippen LogP contribution in [0.15, 0.2) is 51.7 Å². The molecule has 0 saturated carbocycles. The van der Waals surface area contributed by atoms with Gasteiger partial charge < -0.3 is 10.6 Å². The fourth-order valence-corrected chi connectivity index (χ4v) is 3.97. The normalized spacial score (nSPS) is 13.4. The lowest BCUT2D eigenvalue weighted by atomic mass is 10.1. The maximum atomic E-state index is 11.5. The van der Waals surface area contributed by atoms with Crippen LogP contribution in [0.3, 0.4) is 0 Å². The molecular weight excluding hydrogens is 366 g/mol. The van der Waals surface area contributed by atoms with Crippen molar-refractivity contribution in [2.75, 3.05) is 19.3 Å². The van der Waals surface area contributed by atoms with Crippen molar-refractivity contribution in [3.63, 3.8) is 0 Å². The molecule has 142 valence electrons. The number of rotatable bonds is 8. The van der Waals surface area contributed by atoms with E-state index in [1.807, 2.05) is 19.1 Å². The average Bonchev–Trinajstić information content (AvgIpc) is 3.10. The van der Waals surface area contributed by atoms with E-state index in [0.717, 1.165) is 31.0 Å². The van der Waals surface area contributed by atoms with E-state index in [-0.39, 0.29) is 0 Å². The number of nitrogens with zero attached hydrogens (tertiary/aromatic N) is 1. The Morgan fingerprint density at radius 2 is 1.92 bits per heavy atom. The van der Waals surface area contributed by atoms with Gasteiger partial charge in [-0.2, -0.15) is 0 Å². The highest BCUT2D eigenvalue weighted by Gasteiger charge is 2.07. The summed E-state index contributed by atoms with van der Waals surface area (Å²) in [6.07, 6.45) is 2.27. The minimum Gasteiger partial charge on any atom is -0.357 e. The quantitative estimate of drug-likeness (QED) is 0.534. The lowest BCUT2D eigenvalue weighted by Gasteiger charge is -2.15. The van der Waals surface area contributed by atoms with Crippen LogP contribution in [0.4, 0.5) is 0 Å². The molecule has 0 amide bonds. The van der Waals surface area contributed by atoms with Crippen LogP contribution in [0.5, 0.6) is 0 Å². The highest BCUT2D eigenvalue weighted by molar-refractivity contribution is 7.90. The minimum atomic E-state index is -3.16. The molecule has 2 aromatic rings. The van der Waals surface area contributed by atoms with E-state index >= 15 is 0 Å². The Morgan fingerprint density at radius 1 is 1.19 bits per heavy atom. The van der Waals surface area contributed by atoms with Gasteiger partial charge in [0.1, 0.15) is 0 Å². The van der Waals surface area contributed by atoms with Crippen molar-refractivity contribution in [3.05, 3.63) is 52.2 Å². The Labute approximate surface area is 160 Å².